The van der Waals surface area contributed by atoms with Crippen LogP contribution in [0.5, 0.6) is 5.75 Å². The van der Waals surface area contributed by atoms with E-state index in [9.17, 15) is 9.90 Å². The van der Waals surface area contributed by atoms with Gasteiger partial charge in [0.15, 0.2) is 0 Å². The average Bonchev–Trinajstić information content (AvgIpc) is 2.17. The molecular weight excluding hydrogens is 234 g/mol. The molecule has 3 nitrogen and oxygen atoms in total. The molecule has 15 heavy (non-hydrogen) atoms. The number of aromatic hydroxyl groups is 1. The van der Waals surface area contributed by atoms with Crippen LogP contribution < -0.4 is 5.32 Å². The van der Waals surface area contributed by atoms with Gasteiger partial charge in [0.05, 0.1) is 0 Å². The number of carbonyl (C=O) groups excluding carboxylic acids is 1. The second-order valence-electron chi connectivity index (χ2n) is 2.88. The minimum Gasteiger partial charge on any atom is -0.508 e. The monoisotopic (exact) mass is 245 g/mol. The Morgan fingerprint density at radius 2 is 2.33 bits per heavy atom. The van der Waals surface area contributed by atoms with Crippen molar-refractivity contribution in [3.63, 3.8) is 0 Å². The molecule has 0 aliphatic carbocycles. The number of thioether (sulfide) groups is 1. The molecule has 0 unspecified atom stereocenters. The van der Waals surface area contributed by atoms with Gasteiger partial charge >= 0.3 is 0 Å². The SMILES string of the molecule is CCNC(=O)SCc1ccc(Cl)cc1O. The third-order valence-corrected chi connectivity index (χ3v) is 2.82. The zero-order chi connectivity index (χ0) is 11.3. The molecule has 0 radical (unpaired) electrons. The lowest BCUT2D eigenvalue weighted by Crippen LogP contribution is -2.17. The lowest BCUT2D eigenvalue weighted by atomic mass is 10.2. The third-order valence-electron chi connectivity index (χ3n) is 1.73. The van der Waals surface area contributed by atoms with E-state index >= 15 is 0 Å². The Labute approximate surface area is 97.8 Å². The topological polar surface area (TPSA) is 49.3 Å². The molecule has 0 spiro atoms. The van der Waals surface area contributed by atoms with Gasteiger partial charge in [-0.05, 0) is 19.1 Å². The van der Waals surface area contributed by atoms with Crippen molar-refractivity contribution in [2.24, 2.45) is 0 Å². The third kappa shape index (κ3) is 4.01. The Bertz CT molecular complexity index is 357. The van der Waals surface area contributed by atoms with Crippen LogP contribution in [0.25, 0.3) is 0 Å². The Balaban J connectivity index is 2.54. The van der Waals surface area contributed by atoms with E-state index in [0.717, 1.165) is 11.8 Å². The van der Waals surface area contributed by atoms with Crippen LogP contribution in [-0.4, -0.2) is 16.9 Å². The molecule has 82 valence electrons. The van der Waals surface area contributed by atoms with Crippen LogP contribution in [0.15, 0.2) is 18.2 Å². The van der Waals surface area contributed by atoms with Gasteiger partial charge in [0, 0.05) is 22.9 Å². The molecule has 0 saturated carbocycles. The summed E-state index contributed by atoms with van der Waals surface area (Å²) in [6, 6.07) is 4.87. The fourth-order valence-corrected chi connectivity index (χ4v) is 1.94. The molecule has 0 heterocycles. The molecular formula is C10H12ClNO2S. The first-order chi connectivity index (χ1) is 7.13. The number of phenols is 1. The Kier molecular flexibility index (Phi) is 4.78. The number of benzene rings is 1. The van der Waals surface area contributed by atoms with Gasteiger partial charge < -0.3 is 10.4 Å². The van der Waals surface area contributed by atoms with E-state index in [1.54, 1.807) is 12.1 Å². The van der Waals surface area contributed by atoms with Crippen molar-refractivity contribution in [1.82, 2.24) is 5.32 Å². The van der Waals surface area contributed by atoms with Gasteiger partial charge in [0.2, 0.25) is 0 Å². The van der Waals surface area contributed by atoms with Crippen molar-refractivity contribution < 1.29 is 9.90 Å². The van der Waals surface area contributed by atoms with Crippen LogP contribution in [0.1, 0.15) is 12.5 Å². The van der Waals surface area contributed by atoms with E-state index < -0.39 is 0 Å². The minimum atomic E-state index is -0.0909. The van der Waals surface area contributed by atoms with E-state index in [2.05, 4.69) is 5.32 Å². The summed E-state index contributed by atoms with van der Waals surface area (Å²) >= 11 is 6.80. The van der Waals surface area contributed by atoms with Crippen molar-refractivity contribution in [2.75, 3.05) is 6.54 Å². The molecule has 1 amide bonds. The van der Waals surface area contributed by atoms with E-state index in [1.165, 1.54) is 6.07 Å². The van der Waals surface area contributed by atoms with Gasteiger partial charge in [-0.25, -0.2) is 0 Å². The average molecular weight is 246 g/mol. The number of nitrogens with one attached hydrogen (secondary N) is 1. The van der Waals surface area contributed by atoms with E-state index in [-0.39, 0.29) is 11.0 Å². The molecule has 1 rings (SSSR count). The minimum absolute atomic E-state index is 0.0909. The second kappa shape index (κ2) is 5.88. The molecule has 0 bridgehead atoms. The second-order valence-corrected chi connectivity index (χ2v) is 4.26. The molecule has 0 atom stereocenters. The van der Waals surface area contributed by atoms with E-state index in [0.29, 0.717) is 22.9 Å². The largest absolute Gasteiger partial charge is 0.508 e. The first-order valence-electron chi connectivity index (χ1n) is 4.51. The summed E-state index contributed by atoms with van der Waals surface area (Å²) in [6.07, 6.45) is 0. The summed E-state index contributed by atoms with van der Waals surface area (Å²) in [5.41, 5.74) is 0.704. The molecule has 2 N–H and O–H groups in total. The first-order valence-corrected chi connectivity index (χ1v) is 5.88. The molecule has 1 aromatic rings. The van der Waals surface area contributed by atoms with Crippen molar-refractivity contribution >= 4 is 28.6 Å². The highest BCUT2D eigenvalue weighted by molar-refractivity contribution is 8.12. The summed E-state index contributed by atoms with van der Waals surface area (Å²) in [7, 11) is 0. The zero-order valence-corrected chi connectivity index (χ0v) is 9.86. The van der Waals surface area contributed by atoms with Gasteiger partial charge in [-0.3, -0.25) is 4.79 Å². The highest BCUT2D eigenvalue weighted by Crippen LogP contribution is 2.25. The van der Waals surface area contributed by atoms with Crippen LogP contribution in [0.2, 0.25) is 5.02 Å². The van der Waals surface area contributed by atoms with Crippen molar-refractivity contribution in [1.29, 1.82) is 0 Å². The summed E-state index contributed by atoms with van der Waals surface area (Å²) < 4.78 is 0. The Morgan fingerprint density at radius 3 is 2.93 bits per heavy atom. The fraction of sp³-hybridized carbons (Fsp3) is 0.300. The predicted octanol–water partition coefficient (Wildman–Crippen LogP) is 3.01. The van der Waals surface area contributed by atoms with Crippen LogP contribution in [0, 0.1) is 0 Å². The Morgan fingerprint density at radius 1 is 1.60 bits per heavy atom. The number of halogens is 1. The number of amides is 1. The Hall–Kier alpha value is -0.870. The number of hydrogen-bond donors (Lipinski definition) is 2. The smallest absolute Gasteiger partial charge is 0.279 e. The lowest BCUT2D eigenvalue weighted by Gasteiger charge is -2.04. The summed E-state index contributed by atoms with van der Waals surface area (Å²) in [4.78, 5) is 11.1. The molecule has 0 aliphatic rings. The van der Waals surface area contributed by atoms with Crippen LogP contribution in [0.3, 0.4) is 0 Å². The summed E-state index contributed by atoms with van der Waals surface area (Å²) in [5.74, 6) is 0.564. The van der Waals surface area contributed by atoms with Crippen molar-refractivity contribution in [3.05, 3.63) is 28.8 Å². The molecule has 0 aliphatic heterocycles. The number of phenolic OH excluding ortho intramolecular Hbond substituents is 1. The van der Waals surface area contributed by atoms with Gasteiger partial charge in [0.1, 0.15) is 5.75 Å². The van der Waals surface area contributed by atoms with Gasteiger partial charge in [-0.2, -0.15) is 0 Å². The quantitative estimate of drug-likeness (QED) is 0.861. The van der Waals surface area contributed by atoms with E-state index in [4.69, 9.17) is 11.6 Å². The number of rotatable bonds is 3. The van der Waals surface area contributed by atoms with Crippen molar-refractivity contribution in [2.45, 2.75) is 12.7 Å². The zero-order valence-electron chi connectivity index (χ0n) is 8.29. The number of carbonyl (C=O) groups is 1. The maximum Gasteiger partial charge on any atom is 0.279 e. The highest BCUT2D eigenvalue weighted by Gasteiger charge is 2.05. The van der Waals surface area contributed by atoms with Crippen LogP contribution in [-0.2, 0) is 5.75 Å². The maximum absolute atomic E-state index is 11.1. The number of hydrogen-bond acceptors (Lipinski definition) is 3. The molecule has 0 aromatic heterocycles. The summed E-state index contributed by atoms with van der Waals surface area (Å²) in [5, 5.41) is 12.6. The van der Waals surface area contributed by atoms with Crippen LogP contribution in [0.4, 0.5) is 4.79 Å². The highest BCUT2D eigenvalue weighted by atomic mass is 35.5. The first kappa shape index (κ1) is 12.2. The van der Waals surface area contributed by atoms with Gasteiger partial charge in [0.25, 0.3) is 5.24 Å². The lowest BCUT2D eigenvalue weighted by molar-refractivity contribution is 0.261. The maximum atomic E-state index is 11.1. The van der Waals surface area contributed by atoms with Gasteiger partial charge in [-0.15, -0.1) is 0 Å². The predicted molar refractivity (Wildman–Crippen MR) is 63.5 cm³/mol. The van der Waals surface area contributed by atoms with Crippen LogP contribution >= 0.6 is 23.4 Å². The molecule has 0 fully saturated rings. The fourth-order valence-electron chi connectivity index (χ4n) is 0.998. The van der Waals surface area contributed by atoms with E-state index in [1.807, 2.05) is 6.92 Å². The molecule has 5 heteroatoms. The van der Waals surface area contributed by atoms with Crippen molar-refractivity contribution in [3.8, 4) is 5.75 Å². The molecule has 1 aromatic carbocycles. The summed E-state index contributed by atoms with van der Waals surface area (Å²) in [6.45, 7) is 2.47. The molecule has 0 saturated heterocycles. The standard InChI is InChI=1S/C10H12ClNO2S/c1-2-12-10(14)15-6-7-3-4-8(11)5-9(7)13/h3-5,13H,2,6H2,1H3,(H,12,14). The normalized spacial score (nSPS) is 10.0. The van der Waals surface area contributed by atoms with Gasteiger partial charge in [-0.1, -0.05) is 29.4 Å².